The van der Waals surface area contributed by atoms with Crippen molar-refractivity contribution in [3.63, 3.8) is 0 Å². The van der Waals surface area contributed by atoms with Crippen LogP contribution in [0.5, 0.6) is 5.75 Å². The van der Waals surface area contributed by atoms with E-state index in [-0.39, 0.29) is 35.9 Å². The molecule has 164 valence electrons. The second-order valence-electron chi connectivity index (χ2n) is 7.67. The lowest BCUT2D eigenvalue weighted by Gasteiger charge is -2.33. The van der Waals surface area contributed by atoms with Crippen LogP contribution in [0.15, 0.2) is 30.5 Å². The number of anilines is 1. The van der Waals surface area contributed by atoms with Crippen LogP contribution in [0, 0.1) is 5.92 Å². The molecule has 3 heterocycles. The molecule has 1 aromatic carbocycles. The van der Waals surface area contributed by atoms with Gasteiger partial charge in [0, 0.05) is 19.0 Å². The number of nitrogens with zero attached hydrogens (tertiary/aromatic N) is 4. The van der Waals surface area contributed by atoms with Gasteiger partial charge in [0.2, 0.25) is 11.8 Å². The minimum Gasteiger partial charge on any atom is -0.497 e. The molecule has 2 N–H and O–H groups in total. The number of ether oxygens (including phenoxy) is 1. The first-order valence-electron chi connectivity index (χ1n) is 10.1. The Balaban J connectivity index is 1.44. The van der Waals surface area contributed by atoms with Crippen LogP contribution in [0.25, 0.3) is 5.69 Å². The van der Waals surface area contributed by atoms with Gasteiger partial charge in [-0.15, -0.1) is 11.8 Å². The molecule has 0 bridgehead atoms. The van der Waals surface area contributed by atoms with Gasteiger partial charge < -0.3 is 20.3 Å². The fourth-order valence-electron chi connectivity index (χ4n) is 3.92. The molecule has 31 heavy (non-hydrogen) atoms. The Labute approximate surface area is 184 Å². The van der Waals surface area contributed by atoms with Gasteiger partial charge in [-0.3, -0.25) is 14.4 Å². The molecule has 1 unspecified atom stereocenters. The van der Waals surface area contributed by atoms with E-state index in [4.69, 9.17) is 10.5 Å². The Morgan fingerprint density at radius 3 is 2.74 bits per heavy atom. The van der Waals surface area contributed by atoms with E-state index in [1.807, 2.05) is 12.1 Å². The normalized spacial score (nSPS) is 19.0. The number of amides is 2. The highest BCUT2D eigenvalue weighted by atomic mass is 32.2. The molecule has 2 amide bonds. The Morgan fingerprint density at radius 1 is 1.29 bits per heavy atom. The van der Waals surface area contributed by atoms with Crippen LogP contribution in [0.3, 0.4) is 0 Å². The topological polar surface area (TPSA) is 111 Å². The van der Waals surface area contributed by atoms with E-state index in [0.717, 1.165) is 12.1 Å². The van der Waals surface area contributed by atoms with Gasteiger partial charge in [-0.05, 0) is 37.1 Å². The lowest BCUT2D eigenvalue weighted by Crippen LogP contribution is -2.47. The van der Waals surface area contributed by atoms with E-state index in [1.165, 1.54) is 22.6 Å². The molecular formula is C21H25N5O4S. The van der Waals surface area contributed by atoms with Crippen molar-refractivity contribution in [1.82, 2.24) is 19.6 Å². The van der Waals surface area contributed by atoms with Crippen LogP contribution in [0.4, 0.5) is 5.82 Å². The van der Waals surface area contributed by atoms with Crippen LogP contribution >= 0.6 is 11.8 Å². The molecule has 1 aromatic heterocycles. The number of aromatic nitrogens is 2. The smallest absolute Gasteiger partial charge is 0.242 e. The second kappa shape index (κ2) is 9.01. The first-order valence-corrected chi connectivity index (χ1v) is 11.3. The summed E-state index contributed by atoms with van der Waals surface area (Å²) >= 11 is 1.51. The molecule has 0 saturated carbocycles. The van der Waals surface area contributed by atoms with Gasteiger partial charge in [-0.2, -0.15) is 5.10 Å². The Morgan fingerprint density at radius 2 is 2.06 bits per heavy atom. The minimum atomic E-state index is -0.336. The summed E-state index contributed by atoms with van der Waals surface area (Å²) in [5, 5.41) is 4.29. The molecule has 9 nitrogen and oxygen atoms in total. The molecule has 2 aliphatic heterocycles. The minimum absolute atomic E-state index is 0.0123. The molecule has 2 aliphatic rings. The van der Waals surface area contributed by atoms with Crippen molar-refractivity contribution in [2.24, 2.45) is 5.92 Å². The number of ketones is 1. The molecule has 0 radical (unpaired) electrons. The van der Waals surface area contributed by atoms with Gasteiger partial charge in [0.25, 0.3) is 0 Å². The molecule has 4 rings (SSSR count). The predicted molar refractivity (Wildman–Crippen MR) is 117 cm³/mol. The number of carbonyl (C=O) groups excluding carboxylic acids is 3. The summed E-state index contributed by atoms with van der Waals surface area (Å²) in [5.74, 6) is 1.38. The summed E-state index contributed by atoms with van der Waals surface area (Å²) in [6.07, 6.45) is 2.91. The third-order valence-corrected chi connectivity index (χ3v) is 6.63. The Hall–Kier alpha value is -3.01. The molecule has 0 aliphatic carbocycles. The summed E-state index contributed by atoms with van der Waals surface area (Å²) in [6.45, 7) is 1.00. The summed E-state index contributed by atoms with van der Waals surface area (Å²) in [5.41, 5.74) is 7.34. The zero-order valence-electron chi connectivity index (χ0n) is 17.3. The predicted octanol–water partition coefficient (Wildman–Crippen LogP) is 1.42. The average Bonchev–Trinajstić information content (AvgIpc) is 3.38. The highest BCUT2D eigenvalue weighted by molar-refractivity contribution is 8.00. The van der Waals surface area contributed by atoms with Crippen LogP contribution in [0.2, 0.25) is 0 Å². The number of thioether (sulfide) groups is 1. The van der Waals surface area contributed by atoms with Gasteiger partial charge in [-0.1, -0.05) is 0 Å². The van der Waals surface area contributed by atoms with Gasteiger partial charge in [0.1, 0.15) is 18.1 Å². The Bertz CT molecular complexity index is 990. The van der Waals surface area contributed by atoms with Crippen molar-refractivity contribution < 1.29 is 19.1 Å². The summed E-state index contributed by atoms with van der Waals surface area (Å²) in [4.78, 5) is 40.9. The average molecular weight is 444 g/mol. The van der Waals surface area contributed by atoms with Crippen LogP contribution in [-0.4, -0.2) is 75.6 Å². The number of likely N-dealkylation sites (tertiary alicyclic amines) is 1. The number of benzene rings is 1. The van der Waals surface area contributed by atoms with Crippen LogP contribution in [-0.2, 0) is 9.59 Å². The Kier molecular flexibility index (Phi) is 6.17. The third kappa shape index (κ3) is 4.39. The molecule has 2 fully saturated rings. The number of Topliss-reactive ketones (excluding diaryl/α,β-unsaturated/α-hetero) is 1. The van der Waals surface area contributed by atoms with Gasteiger partial charge in [0.05, 0.1) is 36.2 Å². The number of hydrogen-bond acceptors (Lipinski definition) is 7. The summed E-state index contributed by atoms with van der Waals surface area (Å²) in [6, 6.07) is 7.23. The van der Waals surface area contributed by atoms with Gasteiger partial charge >= 0.3 is 0 Å². The summed E-state index contributed by atoms with van der Waals surface area (Å²) < 4.78 is 6.69. The highest BCUT2D eigenvalue weighted by Gasteiger charge is 2.32. The van der Waals surface area contributed by atoms with Crippen molar-refractivity contribution >= 4 is 35.2 Å². The number of piperidine rings is 1. The van der Waals surface area contributed by atoms with E-state index in [0.29, 0.717) is 42.5 Å². The fraction of sp³-hybridized carbons (Fsp3) is 0.429. The standard InChI is InChI=1S/C21H25N5O4S/c1-30-16-6-4-15(5-7-16)26-21(22)17(9-23-26)20(29)14-3-2-8-24(10-14)18(27)11-25-13-31-12-19(25)28/h4-7,9,14H,2-3,8,10-13,22H2,1H3. The number of rotatable bonds is 6. The van der Waals surface area contributed by atoms with E-state index < -0.39 is 0 Å². The van der Waals surface area contributed by atoms with E-state index in [2.05, 4.69) is 5.10 Å². The van der Waals surface area contributed by atoms with Crippen molar-refractivity contribution in [3.05, 3.63) is 36.0 Å². The number of nitrogen functional groups attached to an aromatic ring is 1. The molecular weight excluding hydrogens is 418 g/mol. The highest BCUT2D eigenvalue weighted by Crippen LogP contribution is 2.26. The lowest BCUT2D eigenvalue weighted by atomic mass is 9.90. The number of carbonyl (C=O) groups is 3. The summed E-state index contributed by atoms with van der Waals surface area (Å²) in [7, 11) is 1.59. The number of methoxy groups -OCH3 is 1. The van der Waals surface area contributed by atoms with Crippen molar-refractivity contribution in [2.45, 2.75) is 12.8 Å². The number of nitrogens with two attached hydrogens (primary N) is 1. The first-order chi connectivity index (χ1) is 15.0. The van der Waals surface area contributed by atoms with E-state index in [1.54, 1.807) is 29.0 Å². The molecule has 2 aromatic rings. The maximum Gasteiger partial charge on any atom is 0.242 e. The van der Waals surface area contributed by atoms with Crippen LogP contribution < -0.4 is 10.5 Å². The molecule has 2 saturated heterocycles. The monoisotopic (exact) mass is 443 g/mol. The number of hydrogen-bond donors (Lipinski definition) is 1. The van der Waals surface area contributed by atoms with Crippen molar-refractivity contribution in [3.8, 4) is 11.4 Å². The third-order valence-electron chi connectivity index (χ3n) is 5.69. The fourth-order valence-corrected chi connectivity index (χ4v) is 4.82. The maximum absolute atomic E-state index is 13.2. The van der Waals surface area contributed by atoms with Crippen molar-refractivity contribution in [1.29, 1.82) is 0 Å². The van der Waals surface area contributed by atoms with E-state index in [9.17, 15) is 14.4 Å². The van der Waals surface area contributed by atoms with Gasteiger partial charge in [0.15, 0.2) is 5.78 Å². The second-order valence-corrected chi connectivity index (χ2v) is 8.62. The van der Waals surface area contributed by atoms with Crippen LogP contribution in [0.1, 0.15) is 23.2 Å². The lowest BCUT2D eigenvalue weighted by molar-refractivity contribution is -0.138. The molecule has 1 atom stereocenters. The van der Waals surface area contributed by atoms with Crippen molar-refractivity contribution in [2.75, 3.05) is 44.1 Å². The quantitative estimate of drug-likeness (QED) is 0.672. The molecule has 10 heteroatoms. The SMILES string of the molecule is COc1ccc(-n2ncc(C(=O)C3CCCN(C(=O)CN4CSCC4=O)C3)c2N)cc1. The largest absolute Gasteiger partial charge is 0.497 e. The molecule has 0 spiro atoms. The maximum atomic E-state index is 13.2. The zero-order valence-corrected chi connectivity index (χ0v) is 18.1. The first kappa shape index (κ1) is 21.2. The van der Waals surface area contributed by atoms with Gasteiger partial charge in [-0.25, -0.2) is 4.68 Å². The van der Waals surface area contributed by atoms with E-state index >= 15 is 0 Å². The zero-order chi connectivity index (χ0) is 22.0.